The van der Waals surface area contributed by atoms with Crippen molar-refractivity contribution in [2.45, 2.75) is 0 Å². The molecule has 3 heteroatoms. The molecule has 0 aliphatic carbocycles. The molecular weight excluding hydrogens is 266 g/mol. The minimum absolute atomic E-state index is 0. The van der Waals surface area contributed by atoms with Gasteiger partial charge in [-0.3, -0.25) is 0 Å². The summed E-state index contributed by atoms with van der Waals surface area (Å²) in [7, 11) is 0. The molecule has 82 valence electrons. The summed E-state index contributed by atoms with van der Waals surface area (Å²) in [6, 6.07) is 16.8. The lowest BCUT2D eigenvalue weighted by atomic mass is 10.1. The van der Waals surface area contributed by atoms with Crippen LogP contribution in [0, 0.1) is 0 Å². The highest BCUT2D eigenvalue weighted by Gasteiger charge is 2.03. The first-order chi connectivity index (χ1) is 6.95. The Labute approximate surface area is 104 Å². The third-order valence-electron chi connectivity index (χ3n) is 2.56. The fourth-order valence-electron chi connectivity index (χ4n) is 1.87. The van der Waals surface area contributed by atoms with E-state index in [0.29, 0.717) is 0 Å². The summed E-state index contributed by atoms with van der Waals surface area (Å²) in [5.74, 6) is 0. The van der Waals surface area contributed by atoms with Gasteiger partial charge in [0.15, 0.2) is 6.20 Å². The molecule has 1 aromatic heterocycles. The van der Waals surface area contributed by atoms with E-state index in [1.54, 1.807) is 0 Å². The molecule has 0 bridgehead atoms. The average molecular weight is 278 g/mol. The summed E-state index contributed by atoms with van der Waals surface area (Å²) in [6.45, 7) is 0. The largest absolute Gasteiger partial charge is 1.00 e. The number of benzene rings is 2. The predicted octanol–water partition coefficient (Wildman–Crippen LogP) is -1.01. The van der Waals surface area contributed by atoms with Gasteiger partial charge in [-0.15, -0.1) is 0 Å². The number of fused-ring (bicyclic) bond motifs is 3. The number of rotatable bonds is 0. The van der Waals surface area contributed by atoms with Crippen LogP contribution in [0.3, 0.4) is 0 Å². The van der Waals surface area contributed by atoms with Crippen LogP contribution in [0.5, 0.6) is 0 Å². The van der Waals surface area contributed by atoms with E-state index in [-0.39, 0.29) is 22.5 Å². The topological polar surface area (TPSA) is 45.6 Å². The van der Waals surface area contributed by atoms with Crippen LogP contribution < -0.4 is 22.0 Å². The lowest BCUT2D eigenvalue weighted by Gasteiger charge is -1.97. The Morgan fingerprint density at radius 1 is 0.750 bits per heavy atom. The Balaban J connectivity index is 0.000000640. The van der Waals surface area contributed by atoms with E-state index in [1.165, 1.54) is 21.7 Å². The maximum atomic E-state index is 3.29. The molecule has 0 aliphatic heterocycles. The summed E-state index contributed by atoms with van der Waals surface area (Å²) in [6.07, 6.45) is 2.05. The van der Waals surface area contributed by atoms with E-state index < -0.39 is 0 Å². The first-order valence-corrected chi connectivity index (χ1v) is 4.73. The van der Waals surface area contributed by atoms with Crippen molar-refractivity contribution in [3.05, 3.63) is 54.7 Å². The Kier molecular flexibility index (Phi) is 3.99. The number of aromatic amines is 1. The highest BCUT2D eigenvalue weighted by molar-refractivity contribution is 6.03. The summed E-state index contributed by atoms with van der Waals surface area (Å²) in [5.41, 5.74) is 1.19. The molecule has 0 radical (unpaired) electrons. The maximum absolute atomic E-state index is 3.29. The van der Waals surface area contributed by atoms with Crippen molar-refractivity contribution in [3.63, 3.8) is 0 Å². The van der Waals surface area contributed by atoms with Gasteiger partial charge < -0.3 is 22.5 Å². The zero-order chi connectivity index (χ0) is 9.38. The molecule has 0 atom stereocenters. The fraction of sp³-hybridized carbons (Fsp3) is 0. The normalized spacial score (nSPS) is 9.50. The van der Waals surface area contributed by atoms with E-state index >= 15 is 0 Å². The second kappa shape index (κ2) is 5.05. The van der Waals surface area contributed by atoms with Crippen molar-refractivity contribution in [1.29, 1.82) is 0 Å². The third-order valence-corrected chi connectivity index (χ3v) is 2.56. The van der Waals surface area contributed by atoms with Crippen LogP contribution >= 0.6 is 0 Å². The number of aromatic nitrogens is 1. The van der Waals surface area contributed by atoms with Gasteiger partial charge in [-0.25, -0.2) is 4.98 Å². The number of pyridine rings is 1. The Morgan fingerprint density at radius 3 is 2.19 bits per heavy atom. The standard InChI is InChI=1S/C13H9N.BrH.H2O/c1-2-6-11-10(5-1)9-14-13-8-4-3-7-12(11)13;;/h1-9H;1H;1H2. The summed E-state index contributed by atoms with van der Waals surface area (Å²) in [5, 5.41) is 3.85. The molecule has 0 saturated heterocycles. The maximum Gasteiger partial charge on any atom is 0.211 e. The highest BCUT2D eigenvalue weighted by atomic mass is 79.9. The number of nitrogens with one attached hydrogen (secondary N) is 1. The first kappa shape index (κ1) is 12.6. The molecule has 0 amide bonds. The number of halogens is 1. The molecule has 0 spiro atoms. The zero-order valence-electron chi connectivity index (χ0n) is 8.57. The second-order valence-corrected chi connectivity index (χ2v) is 3.42. The van der Waals surface area contributed by atoms with E-state index in [4.69, 9.17) is 0 Å². The van der Waals surface area contributed by atoms with Gasteiger partial charge in [-0.1, -0.05) is 30.3 Å². The van der Waals surface area contributed by atoms with Crippen LogP contribution in [-0.2, 0) is 0 Å². The van der Waals surface area contributed by atoms with E-state index in [9.17, 15) is 0 Å². The van der Waals surface area contributed by atoms with Gasteiger partial charge >= 0.3 is 0 Å². The molecule has 2 aromatic carbocycles. The summed E-state index contributed by atoms with van der Waals surface area (Å²) in [4.78, 5) is 3.29. The number of H-pyrrole nitrogens is 1. The van der Waals surface area contributed by atoms with Crippen molar-refractivity contribution in [1.82, 2.24) is 0 Å². The molecule has 3 rings (SSSR count). The number of para-hydroxylation sites is 1. The van der Waals surface area contributed by atoms with Crippen molar-refractivity contribution in [3.8, 4) is 0 Å². The molecule has 2 nitrogen and oxygen atoms in total. The fourth-order valence-corrected chi connectivity index (χ4v) is 1.87. The summed E-state index contributed by atoms with van der Waals surface area (Å²) < 4.78 is 0. The van der Waals surface area contributed by atoms with Crippen LogP contribution in [0.25, 0.3) is 21.7 Å². The van der Waals surface area contributed by atoms with Crippen molar-refractivity contribution in [2.24, 2.45) is 0 Å². The van der Waals surface area contributed by atoms with Crippen LogP contribution in [0.15, 0.2) is 54.7 Å². The molecule has 16 heavy (non-hydrogen) atoms. The Bertz CT molecular complexity index is 555. The zero-order valence-corrected chi connectivity index (χ0v) is 10.2. The number of hydrogen-bond acceptors (Lipinski definition) is 0. The Hall–Kier alpha value is -1.45. The smallest absolute Gasteiger partial charge is 0.211 e. The minimum atomic E-state index is 0. The predicted molar refractivity (Wildman–Crippen MR) is 61.6 cm³/mol. The van der Waals surface area contributed by atoms with E-state index in [1.807, 2.05) is 6.07 Å². The second-order valence-electron chi connectivity index (χ2n) is 3.42. The quantitative estimate of drug-likeness (QED) is 0.473. The van der Waals surface area contributed by atoms with Crippen molar-refractivity contribution >= 4 is 21.7 Å². The molecule has 0 unspecified atom stereocenters. The lowest BCUT2D eigenvalue weighted by Crippen LogP contribution is -3.00. The molecular formula is C13H12BrNO. The van der Waals surface area contributed by atoms with Gasteiger partial charge in [-0.05, 0) is 12.1 Å². The summed E-state index contributed by atoms with van der Waals surface area (Å²) >= 11 is 0. The molecule has 3 aromatic rings. The SMILES string of the molecule is O.[Br-].c1ccc2c(c1)c[nH+]c1ccccc12. The third kappa shape index (κ3) is 1.92. The van der Waals surface area contributed by atoms with E-state index in [2.05, 4.69) is 53.6 Å². The molecule has 0 aliphatic rings. The molecule has 3 N–H and O–H groups in total. The van der Waals surface area contributed by atoms with Gasteiger partial charge in [-0.2, -0.15) is 0 Å². The van der Waals surface area contributed by atoms with Crippen molar-refractivity contribution in [2.75, 3.05) is 0 Å². The number of hydrogen-bond donors (Lipinski definition) is 0. The first-order valence-electron chi connectivity index (χ1n) is 4.73. The molecule has 0 saturated carbocycles. The van der Waals surface area contributed by atoms with Crippen molar-refractivity contribution < 1.29 is 27.4 Å². The van der Waals surface area contributed by atoms with Gasteiger partial charge in [0, 0.05) is 16.8 Å². The van der Waals surface area contributed by atoms with Crippen LogP contribution in [-0.4, -0.2) is 5.48 Å². The monoisotopic (exact) mass is 277 g/mol. The average Bonchev–Trinajstić information content (AvgIpc) is 2.29. The van der Waals surface area contributed by atoms with Gasteiger partial charge in [0.25, 0.3) is 0 Å². The Morgan fingerprint density at radius 2 is 1.38 bits per heavy atom. The van der Waals surface area contributed by atoms with Crippen LogP contribution in [0.4, 0.5) is 0 Å². The van der Waals surface area contributed by atoms with E-state index in [0.717, 1.165) is 0 Å². The molecule has 1 heterocycles. The van der Waals surface area contributed by atoms with Gasteiger partial charge in [0.05, 0.1) is 5.39 Å². The van der Waals surface area contributed by atoms with Gasteiger partial charge in [0.2, 0.25) is 5.52 Å². The van der Waals surface area contributed by atoms with Crippen LogP contribution in [0.2, 0.25) is 0 Å². The van der Waals surface area contributed by atoms with Crippen LogP contribution in [0.1, 0.15) is 0 Å². The highest BCUT2D eigenvalue weighted by Crippen LogP contribution is 2.20. The lowest BCUT2D eigenvalue weighted by molar-refractivity contribution is -0.342. The molecule has 0 fully saturated rings. The van der Waals surface area contributed by atoms with Gasteiger partial charge in [0.1, 0.15) is 0 Å². The minimum Gasteiger partial charge on any atom is -1.00 e.